The number of hydrogen-bond acceptors (Lipinski definition) is 4. The maximum Gasteiger partial charge on any atom is 0.338 e. The summed E-state index contributed by atoms with van der Waals surface area (Å²) in [5.74, 6) is -0.444. The van der Waals surface area contributed by atoms with Crippen molar-refractivity contribution in [2.45, 2.75) is 32.7 Å². The van der Waals surface area contributed by atoms with E-state index in [1.807, 2.05) is 42.5 Å². The van der Waals surface area contributed by atoms with Crippen LogP contribution in [0.15, 0.2) is 60.2 Å². The van der Waals surface area contributed by atoms with Crippen molar-refractivity contribution in [1.82, 2.24) is 10.2 Å². The van der Waals surface area contributed by atoms with E-state index in [4.69, 9.17) is 10.5 Å². The first-order chi connectivity index (χ1) is 14.1. The van der Waals surface area contributed by atoms with Gasteiger partial charge in [0.15, 0.2) is 0 Å². The van der Waals surface area contributed by atoms with Gasteiger partial charge >= 0.3 is 12.0 Å². The third-order valence-corrected chi connectivity index (χ3v) is 4.85. The highest BCUT2D eigenvalue weighted by Gasteiger charge is 2.38. The summed E-state index contributed by atoms with van der Waals surface area (Å²) in [5.41, 5.74) is 9.08. The monoisotopic (exact) mass is 393 g/mol. The molecule has 2 aromatic carbocycles. The van der Waals surface area contributed by atoms with E-state index in [1.165, 1.54) is 0 Å². The predicted molar refractivity (Wildman–Crippen MR) is 114 cm³/mol. The quantitative estimate of drug-likeness (QED) is 0.548. The molecule has 0 aliphatic carbocycles. The van der Waals surface area contributed by atoms with Crippen LogP contribution in [0.1, 0.15) is 43.9 Å². The van der Waals surface area contributed by atoms with Crippen LogP contribution in [0.25, 0.3) is 5.70 Å². The Labute approximate surface area is 171 Å². The fourth-order valence-corrected chi connectivity index (χ4v) is 3.51. The van der Waals surface area contributed by atoms with Crippen LogP contribution >= 0.6 is 0 Å². The number of anilines is 1. The third-order valence-electron chi connectivity index (χ3n) is 4.85. The van der Waals surface area contributed by atoms with E-state index >= 15 is 0 Å². The molecule has 0 spiro atoms. The highest BCUT2D eigenvalue weighted by molar-refractivity contribution is 6.04. The summed E-state index contributed by atoms with van der Waals surface area (Å²) < 4.78 is 5.40. The van der Waals surface area contributed by atoms with Crippen molar-refractivity contribution in [1.29, 1.82) is 0 Å². The van der Waals surface area contributed by atoms with E-state index < -0.39 is 12.0 Å². The second-order valence-corrected chi connectivity index (χ2v) is 6.91. The van der Waals surface area contributed by atoms with Gasteiger partial charge in [-0.1, -0.05) is 55.8 Å². The average Bonchev–Trinajstić information content (AvgIpc) is 2.73. The predicted octanol–water partition coefficient (Wildman–Crippen LogP) is 4.11. The Balaban J connectivity index is 2.24. The lowest BCUT2D eigenvalue weighted by molar-refractivity contribution is -0.138. The largest absolute Gasteiger partial charge is 0.463 e. The van der Waals surface area contributed by atoms with Gasteiger partial charge in [-0.3, -0.25) is 4.90 Å². The number of ether oxygens (including phenoxy) is 1. The molecule has 0 fully saturated rings. The minimum atomic E-state index is -0.641. The molecule has 2 aromatic rings. The molecule has 2 amide bonds. The van der Waals surface area contributed by atoms with E-state index in [-0.39, 0.29) is 12.6 Å². The maximum atomic E-state index is 13.1. The fourth-order valence-electron chi connectivity index (χ4n) is 3.51. The number of esters is 1. The molecule has 1 heterocycles. The fraction of sp³-hybridized carbons (Fsp3) is 0.304. The van der Waals surface area contributed by atoms with Gasteiger partial charge in [0.1, 0.15) is 0 Å². The standard InChI is InChI=1S/C23H27N3O3/c1-3-5-14-26-21(16-10-7-6-8-11-16)19(22(27)29-4-2)20(25-23(26)28)17-12-9-13-18(24)15-17/h6-13,15,20H,3-5,14,24H2,1-2H3,(H,25,28)/t20-/m1/s1. The highest BCUT2D eigenvalue weighted by Crippen LogP contribution is 2.37. The molecule has 0 aromatic heterocycles. The first-order valence-electron chi connectivity index (χ1n) is 9.97. The molecule has 1 aliphatic rings. The number of nitrogens with zero attached hydrogens (tertiary/aromatic N) is 1. The van der Waals surface area contributed by atoms with E-state index in [9.17, 15) is 9.59 Å². The third kappa shape index (κ3) is 4.42. The topological polar surface area (TPSA) is 84.7 Å². The van der Waals surface area contributed by atoms with Crippen LogP contribution in [0.4, 0.5) is 10.5 Å². The molecule has 6 heteroatoms. The number of carbonyl (C=O) groups excluding carboxylic acids is 2. The minimum absolute atomic E-state index is 0.238. The summed E-state index contributed by atoms with van der Waals surface area (Å²) in [6.45, 7) is 4.60. The number of rotatable bonds is 7. The van der Waals surface area contributed by atoms with Crippen LogP contribution in [0.2, 0.25) is 0 Å². The molecule has 1 aliphatic heterocycles. The summed E-state index contributed by atoms with van der Waals surface area (Å²) in [6.07, 6.45) is 1.75. The molecule has 152 valence electrons. The van der Waals surface area contributed by atoms with Gasteiger partial charge in [-0.2, -0.15) is 0 Å². The molecule has 3 N–H and O–H groups in total. The van der Waals surface area contributed by atoms with E-state index in [0.717, 1.165) is 24.0 Å². The Hall–Kier alpha value is -3.28. The Morgan fingerprint density at radius 3 is 2.55 bits per heavy atom. The van der Waals surface area contributed by atoms with Crippen LogP contribution in [0.3, 0.4) is 0 Å². The van der Waals surface area contributed by atoms with Crippen molar-refractivity contribution < 1.29 is 14.3 Å². The van der Waals surface area contributed by atoms with Crippen LogP contribution in [-0.2, 0) is 9.53 Å². The smallest absolute Gasteiger partial charge is 0.338 e. The zero-order chi connectivity index (χ0) is 20.8. The van der Waals surface area contributed by atoms with Crippen molar-refractivity contribution in [3.05, 3.63) is 71.3 Å². The lowest BCUT2D eigenvalue weighted by atomic mass is 9.91. The Kier molecular flexibility index (Phi) is 6.54. The Bertz CT molecular complexity index is 909. The van der Waals surface area contributed by atoms with Gasteiger partial charge in [-0.15, -0.1) is 0 Å². The van der Waals surface area contributed by atoms with Gasteiger partial charge in [0, 0.05) is 12.2 Å². The average molecular weight is 393 g/mol. The van der Waals surface area contributed by atoms with Crippen molar-refractivity contribution in [3.63, 3.8) is 0 Å². The number of nitrogens with two attached hydrogens (primary N) is 1. The van der Waals surface area contributed by atoms with Gasteiger partial charge in [-0.25, -0.2) is 9.59 Å². The Morgan fingerprint density at radius 2 is 1.90 bits per heavy atom. The number of carbonyl (C=O) groups is 2. The molecule has 0 unspecified atom stereocenters. The first-order valence-corrected chi connectivity index (χ1v) is 9.97. The Morgan fingerprint density at radius 1 is 1.14 bits per heavy atom. The second-order valence-electron chi connectivity index (χ2n) is 6.91. The van der Waals surface area contributed by atoms with Crippen LogP contribution < -0.4 is 11.1 Å². The van der Waals surface area contributed by atoms with Crippen molar-refractivity contribution in [2.24, 2.45) is 0 Å². The lowest BCUT2D eigenvalue weighted by Gasteiger charge is -2.37. The number of amides is 2. The first kappa shape index (κ1) is 20.5. The minimum Gasteiger partial charge on any atom is -0.463 e. The van der Waals surface area contributed by atoms with Crippen molar-refractivity contribution >= 4 is 23.4 Å². The second kappa shape index (κ2) is 9.28. The van der Waals surface area contributed by atoms with E-state index in [1.54, 1.807) is 24.0 Å². The van der Waals surface area contributed by atoms with Gasteiger partial charge in [0.05, 0.1) is 23.9 Å². The number of nitrogens with one attached hydrogen (secondary N) is 1. The van der Waals surface area contributed by atoms with Gasteiger partial charge in [0.25, 0.3) is 0 Å². The molecular weight excluding hydrogens is 366 g/mol. The zero-order valence-electron chi connectivity index (χ0n) is 16.9. The normalized spacial score (nSPS) is 16.6. The summed E-state index contributed by atoms with van der Waals surface area (Å²) in [6, 6.07) is 15.8. The molecule has 0 bridgehead atoms. The van der Waals surface area contributed by atoms with E-state index in [0.29, 0.717) is 23.5 Å². The molecule has 3 rings (SSSR count). The van der Waals surface area contributed by atoms with E-state index in [2.05, 4.69) is 12.2 Å². The van der Waals surface area contributed by atoms with Gasteiger partial charge in [-0.05, 0) is 36.6 Å². The number of benzene rings is 2. The number of urea groups is 1. The molecule has 0 saturated carbocycles. The van der Waals surface area contributed by atoms with Gasteiger partial charge in [0.2, 0.25) is 0 Å². The summed E-state index contributed by atoms with van der Waals surface area (Å²) in [7, 11) is 0. The van der Waals surface area contributed by atoms with Crippen LogP contribution in [0.5, 0.6) is 0 Å². The zero-order valence-corrected chi connectivity index (χ0v) is 16.9. The highest BCUT2D eigenvalue weighted by atomic mass is 16.5. The molecular formula is C23H27N3O3. The molecule has 0 saturated heterocycles. The number of hydrogen-bond donors (Lipinski definition) is 2. The van der Waals surface area contributed by atoms with Crippen molar-refractivity contribution in [3.8, 4) is 0 Å². The number of unbranched alkanes of at least 4 members (excludes halogenated alkanes) is 1. The molecule has 0 radical (unpaired) electrons. The van der Waals surface area contributed by atoms with Crippen LogP contribution in [0, 0.1) is 0 Å². The SMILES string of the molecule is CCCCN1C(=O)N[C@H](c2cccc(N)c2)C(C(=O)OCC)=C1c1ccccc1. The molecule has 6 nitrogen and oxygen atoms in total. The molecule has 1 atom stereocenters. The number of nitrogen functional groups attached to an aromatic ring is 1. The van der Waals surface area contributed by atoms with Crippen LogP contribution in [-0.4, -0.2) is 30.1 Å². The maximum absolute atomic E-state index is 13.1. The molecule has 29 heavy (non-hydrogen) atoms. The van der Waals surface area contributed by atoms with Gasteiger partial charge < -0.3 is 15.8 Å². The lowest BCUT2D eigenvalue weighted by Crippen LogP contribution is -2.48. The summed E-state index contributed by atoms with van der Waals surface area (Å²) in [5, 5.41) is 2.98. The van der Waals surface area contributed by atoms with Crippen molar-refractivity contribution in [2.75, 3.05) is 18.9 Å². The summed E-state index contributed by atoms with van der Waals surface area (Å²) >= 11 is 0. The summed E-state index contributed by atoms with van der Waals surface area (Å²) in [4.78, 5) is 27.8.